The molecule has 2 nitrogen and oxygen atoms in total. The van der Waals surface area contributed by atoms with Crippen LogP contribution >= 0.6 is 0 Å². The minimum atomic E-state index is 0.108. The average Bonchev–Trinajstić information content (AvgIpc) is 2.50. The maximum Gasteiger partial charge on any atom is 0.309 e. The van der Waals surface area contributed by atoms with Gasteiger partial charge in [-0.2, -0.15) is 0 Å². The van der Waals surface area contributed by atoms with Crippen molar-refractivity contribution in [3.8, 4) is 0 Å². The molecule has 2 heteroatoms. The molecule has 0 N–H and O–H groups in total. The molecule has 2 saturated carbocycles. The monoisotopic (exact) mass is 294 g/mol. The Kier molecular flexibility index (Phi) is 7.06. The summed E-state index contributed by atoms with van der Waals surface area (Å²) in [6.07, 6.45) is 14.9. The highest BCUT2D eigenvalue weighted by Crippen LogP contribution is 2.33. The molecule has 0 atom stereocenters. The molecular weight excluding hydrogens is 260 g/mol. The van der Waals surface area contributed by atoms with Crippen LogP contribution < -0.4 is 0 Å². The molecule has 0 bridgehead atoms. The van der Waals surface area contributed by atoms with Gasteiger partial charge in [0.2, 0.25) is 0 Å². The van der Waals surface area contributed by atoms with Gasteiger partial charge in [0.05, 0.1) is 5.92 Å². The second kappa shape index (κ2) is 8.80. The van der Waals surface area contributed by atoms with E-state index in [-0.39, 0.29) is 18.0 Å². The van der Waals surface area contributed by atoms with Crippen LogP contribution in [0.15, 0.2) is 0 Å². The van der Waals surface area contributed by atoms with E-state index in [1.807, 2.05) is 0 Å². The molecule has 2 rings (SSSR count). The Labute approximate surface area is 131 Å². The number of hydrogen-bond acceptors (Lipinski definition) is 2. The van der Waals surface area contributed by atoms with Crippen LogP contribution in [0.25, 0.3) is 0 Å². The van der Waals surface area contributed by atoms with Crippen molar-refractivity contribution in [1.82, 2.24) is 0 Å². The Morgan fingerprint density at radius 2 is 1.62 bits per heavy atom. The van der Waals surface area contributed by atoms with E-state index in [0.717, 1.165) is 37.5 Å². The van der Waals surface area contributed by atoms with E-state index >= 15 is 0 Å². The molecule has 21 heavy (non-hydrogen) atoms. The standard InChI is InChI=1S/C19H34O2/c1-3-4-5-6-16-9-13-18(14-10-16)21-19(20)17-11-7-15(2)8-12-17/h15-18H,3-14H2,1-2H3. The quantitative estimate of drug-likeness (QED) is 0.478. The van der Waals surface area contributed by atoms with Crippen molar-refractivity contribution < 1.29 is 9.53 Å². The first-order chi connectivity index (χ1) is 10.2. The van der Waals surface area contributed by atoms with Gasteiger partial charge in [0, 0.05) is 0 Å². The Bertz CT molecular complexity index is 297. The number of ether oxygens (including phenoxy) is 1. The molecule has 0 aromatic heterocycles. The van der Waals surface area contributed by atoms with Crippen LogP contribution in [-0.4, -0.2) is 12.1 Å². The third-order valence-electron chi connectivity index (χ3n) is 5.64. The van der Waals surface area contributed by atoms with Gasteiger partial charge < -0.3 is 4.74 Å². The van der Waals surface area contributed by atoms with Crippen LogP contribution in [0.4, 0.5) is 0 Å². The topological polar surface area (TPSA) is 26.3 Å². The molecule has 0 radical (unpaired) electrons. The highest BCUT2D eigenvalue weighted by atomic mass is 16.5. The minimum Gasteiger partial charge on any atom is -0.462 e. The molecule has 0 unspecified atom stereocenters. The predicted molar refractivity (Wildman–Crippen MR) is 87.1 cm³/mol. The van der Waals surface area contributed by atoms with E-state index in [9.17, 15) is 4.79 Å². The van der Waals surface area contributed by atoms with E-state index in [2.05, 4.69) is 13.8 Å². The highest BCUT2D eigenvalue weighted by molar-refractivity contribution is 5.72. The van der Waals surface area contributed by atoms with Crippen molar-refractivity contribution in [3.05, 3.63) is 0 Å². The second-order valence-corrected chi connectivity index (χ2v) is 7.53. The van der Waals surface area contributed by atoms with Crippen LogP contribution in [0.1, 0.15) is 90.9 Å². The van der Waals surface area contributed by atoms with Crippen LogP contribution in [0.5, 0.6) is 0 Å². The zero-order valence-electron chi connectivity index (χ0n) is 14.1. The molecule has 2 aliphatic rings. The number of esters is 1. The summed E-state index contributed by atoms with van der Waals surface area (Å²) in [6.45, 7) is 4.56. The summed E-state index contributed by atoms with van der Waals surface area (Å²) in [7, 11) is 0. The fourth-order valence-corrected chi connectivity index (χ4v) is 3.98. The lowest BCUT2D eigenvalue weighted by Crippen LogP contribution is -2.29. The third kappa shape index (κ3) is 5.64. The molecule has 0 heterocycles. The summed E-state index contributed by atoms with van der Waals surface area (Å²) in [4.78, 5) is 12.2. The molecule has 0 aromatic carbocycles. The maximum atomic E-state index is 12.2. The van der Waals surface area contributed by atoms with Gasteiger partial charge in [0.15, 0.2) is 0 Å². The molecule has 0 aromatic rings. The summed E-state index contributed by atoms with van der Waals surface area (Å²) in [6, 6.07) is 0. The van der Waals surface area contributed by atoms with Gasteiger partial charge >= 0.3 is 5.97 Å². The number of carbonyl (C=O) groups is 1. The fraction of sp³-hybridized carbons (Fsp3) is 0.947. The Balaban J connectivity index is 1.62. The van der Waals surface area contributed by atoms with Gasteiger partial charge in [0.1, 0.15) is 6.10 Å². The SMILES string of the molecule is CCCCCC1CCC(OC(=O)C2CCC(C)CC2)CC1. The Morgan fingerprint density at radius 1 is 0.952 bits per heavy atom. The van der Waals surface area contributed by atoms with Gasteiger partial charge in [-0.15, -0.1) is 0 Å². The lowest BCUT2D eigenvalue weighted by molar-refractivity contribution is -0.157. The van der Waals surface area contributed by atoms with E-state index in [1.165, 1.54) is 51.4 Å². The summed E-state index contributed by atoms with van der Waals surface area (Å²) in [5, 5.41) is 0. The molecule has 0 amide bonds. The number of unbranched alkanes of at least 4 members (excludes halogenated alkanes) is 2. The number of rotatable bonds is 6. The Morgan fingerprint density at radius 3 is 2.24 bits per heavy atom. The van der Waals surface area contributed by atoms with Crippen LogP contribution in [0.3, 0.4) is 0 Å². The first-order valence-corrected chi connectivity index (χ1v) is 9.39. The van der Waals surface area contributed by atoms with E-state index in [1.54, 1.807) is 0 Å². The first-order valence-electron chi connectivity index (χ1n) is 9.39. The van der Waals surface area contributed by atoms with E-state index < -0.39 is 0 Å². The molecule has 2 fully saturated rings. The summed E-state index contributed by atoms with van der Waals surface area (Å²) >= 11 is 0. The lowest BCUT2D eigenvalue weighted by Gasteiger charge is -2.31. The van der Waals surface area contributed by atoms with E-state index in [4.69, 9.17) is 4.74 Å². The molecule has 2 aliphatic carbocycles. The fourth-order valence-electron chi connectivity index (χ4n) is 3.98. The van der Waals surface area contributed by atoms with Crippen molar-refractivity contribution in [3.63, 3.8) is 0 Å². The van der Waals surface area contributed by atoms with Crippen molar-refractivity contribution in [1.29, 1.82) is 0 Å². The normalized spacial score (nSPS) is 33.6. The molecular formula is C19H34O2. The smallest absolute Gasteiger partial charge is 0.309 e. The summed E-state index contributed by atoms with van der Waals surface area (Å²) in [5.41, 5.74) is 0. The largest absolute Gasteiger partial charge is 0.462 e. The van der Waals surface area contributed by atoms with Crippen LogP contribution in [0.2, 0.25) is 0 Å². The predicted octanol–water partition coefficient (Wildman–Crippen LogP) is 5.50. The lowest BCUT2D eigenvalue weighted by atomic mass is 9.82. The second-order valence-electron chi connectivity index (χ2n) is 7.53. The van der Waals surface area contributed by atoms with Crippen LogP contribution in [0, 0.1) is 17.8 Å². The Hall–Kier alpha value is -0.530. The zero-order chi connectivity index (χ0) is 15.1. The first kappa shape index (κ1) is 16.8. The number of carbonyl (C=O) groups excluding carboxylic acids is 1. The zero-order valence-corrected chi connectivity index (χ0v) is 14.1. The van der Waals surface area contributed by atoms with Gasteiger partial charge in [0.25, 0.3) is 0 Å². The molecule has 0 saturated heterocycles. The molecule has 0 spiro atoms. The maximum absolute atomic E-state index is 12.2. The van der Waals surface area contributed by atoms with Gasteiger partial charge in [-0.25, -0.2) is 0 Å². The number of hydrogen-bond donors (Lipinski definition) is 0. The van der Waals surface area contributed by atoms with Crippen LogP contribution in [-0.2, 0) is 9.53 Å². The van der Waals surface area contributed by atoms with Gasteiger partial charge in [-0.1, -0.05) is 39.5 Å². The van der Waals surface area contributed by atoms with Crippen molar-refractivity contribution >= 4 is 5.97 Å². The molecule has 122 valence electrons. The van der Waals surface area contributed by atoms with Crippen molar-refractivity contribution in [2.24, 2.45) is 17.8 Å². The highest BCUT2D eigenvalue weighted by Gasteiger charge is 2.29. The van der Waals surface area contributed by atoms with E-state index in [0.29, 0.717) is 0 Å². The van der Waals surface area contributed by atoms with Gasteiger partial charge in [-0.3, -0.25) is 4.79 Å². The summed E-state index contributed by atoms with van der Waals surface area (Å²) in [5.74, 6) is 1.99. The summed E-state index contributed by atoms with van der Waals surface area (Å²) < 4.78 is 5.80. The minimum absolute atomic E-state index is 0.108. The van der Waals surface area contributed by atoms with Crippen molar-refractivity contribution in [2.45, 2.75) is 97.0 Å². The third-order valence-corrected chi connectivity index (χ3v) is 5.64. The van der Waals surface area contributed by atoms with Crippen molar-refractivity contribution in [2.75, 3.05) is 0 Å². The average molecular weight is 294 g/mol. The molecule has 0 aliphatic heterocycles. The van der Waals surface area contributed by atoms with Gasteiger partial charge in [-0.05, 0) is 63.2 Å².